The fraction of sp³-hybridized carbons (Fsp3) is 0.632. The van der Waals surface area contributed by atoms with Crippen LogP contribution in [0.1, 0.15) is 50.6 Å². The van der Waals surface area contributed by atoms with Gasteiger partial charge in [0.1, 0.15) is 5.60 Å². The molecule has 2 spiro atoms. The highest BCUT2D eigenvalue weighted by molar-refractivity contribution is 9.10. The van der Waals surface area contributed by atoms with Gasteiger partial charge in [-0.15, -0.1) is 0 Å². The second-order valence-corrected chi connectivity index (χ2v) is 8.25. The maximum atomic E-state index is 12.7. The molecule has 6 heteroatoms. The van der Waals surface area contributed by atoms with E-state index in [1.807, 2.05) is 29.2 Å². The number of rotatable bonds is 2. The predicted octanol–water partition coefficient (Wildman–Crippen LogP) is 4.41. The lowest BCUT2D eigenvalue weighted by Crippen LogP contribution is -2.54. The van der Waals surface area contributed by atoms with Crippen LogP contribution >= 0.6 is 15.9 Å². The molecule has 0 bridgehead atoms. The molecule has 1 saturated carbocycles. The summed E-state index contributed by atoms with van der Waals surface area (Å²) in [5, 5.41) is 0. The van der Waals surface area contributed by atoms with E-state index in [-0.39, 0.29) is 17.7 Å². The van der Waals surface area contributed by atoms with Gasteiger partial charge in [0.15, 0.2) is 5.79 Å². The maximum Gasteiger partial charge on any atom is 0.410 e. The number of ether oxygens (including phenoxy) is 3. The van der Waals surface area contributed by atoms with Gasteiger partial charge in [0.2, 0.25) is 0 Å². The minimum Gasteiger partial charge on any atom is -0.443 e. The Balaban J connectivity index is 1.40. The first-order valence-corrected chi connectivity index (χ1v) is 9.83. The van der Waals surface area contributed by atoms with E-state index in [1.165, 1.54) is 0 Å². The zero-order chi connectivity index (χ0) is 17.5. The van der Waals surface area contributed by atoms with E-state index in [0.29, 0.717) is 13.2 Å². The van der Waals surface area contributed by atoms with Crippen molar-refractivity contribution in [1.82, 2.24) is 4.90 Å². The van der Waals surface area contributed by atoms with Crippen LogP contribution in [-0.4, -0.2) is 42.1 Å². The molecule has 136 valence electrons. The summed E-state index contributed by atoms with van der Waals surface area (Å²) in [7, 11) is 0. The van der Waals surface area contributed by atoms with Crippen LogP contribution in [0.25, 0.3) is 0 Å². The van der Waals surface area contributed by atoms with Gasteiger partial charge >= 0.3 is 6.09 Å². The Morgan fingerprint density at radius 1 is 1.04 bits per heavy atom. The summed E-state index contributed by atoms with van der Waals surface area (Å²) in [4.78, 5) is 14.5. The molecule has 2 aliphatic heterocycles. The molecule has 1 aromatic carbocycles. The third kappa shape index (κ3) is 3.32. The van der Waals surface area contributed by atoms with E-state index in [2.05, 4.69) is 22.9 Å². The number of amides is 1. The molecular formula is C19H24BrNO4. The van der Waals surface area contributed by atoms with Crippen molar-refractivity contribution in [1.29, 1.82) is 0 Å². The van der Waals surface area contributed by atoms with Crippen LogP contribution in [0, 0.1) is 0 Å². The topological polar surface area (TPSA) is 48.0 Å². The zero-order valence-corrected chi connectivity index (χ0v) is 16.1. The highest BCUT2D eigenvalue weighted by atomic mass is 79.9. The molecule has 5 nitrogen and oxygen atoms in total. The van der Waals surface area contributed by atoms with E-state index in [4.69, 9.17) is 14.2 Å². The molecule has 25 heavy (non-hydrogen) atoms. The summed E-state index contributed by atoms with van der Waals surface area (Å²) in [6.07, 6.45) is 3.92. The van der Waals surface area contributed by atoms with Crippen molar-refractivity contribution in [3.05, 3.63) is 34.3 Å². The standard InChI is InChI=1S/C19H24BrNO4/c1-14(15-2-4-16(20)5-3-15)21-11-10-18(25-17(21)22)6-8-19(9-7-18)23-12-13-24-19/h2-5,14H,6-13H2,1H3/t14-/m0/s1. The van der Waals surface area contributed by atoms with E-state index in [9.17, 15) is 4.79 Å². The molecule has 4 rings (SSSR count). The molecule has 1 aliphatic carbocycles. The van der Waals surface area contributed by atoms with Crippen molar-refractivity contribution in [2.24, 2.45) is 0 Å². The lowest BCUT2D eigenvalue weighted by Gasteiger charge is -2.48. The maximum absolute atomic E-state index is 12.7. The average Bonchev–Trinajstić information content (AvgIpc) is 3.07. The summed E-state index contributed by atoms with van der Waals surface area (Å²) in [6, 6.07) is 8.11. The smallest absolute Gasteiger partial charge is 0.410 e. The van der Waals surface area contributed by atoms with Gasteiger partial charge in [0.05, 0.1) is 19.3 Å². The number of benzene rings is 1. The summed E-state index contributed by atoms with van der Waals surface area (Å²) in [6.45, 7) is 4.12. The van der Waals surface area contributed by atoms with Crippen molar-refractivity contribution in [2.45, 2.75) is 56.5 Å². The lowest BCUT2D eigenvalue weighted by molar-refractivity contribution is -0.208. The van der Waals surface area contributed by atoms with Crippen LogP contribution in [0.5, 0.6) is 0 Å². The van der Waals surface area contributed by atoms with Gasteiger partial charge in [-0.25, -0.2) is 4.79 Å². The molecule has 1 amide bonds. The van der Waals surface area contributed by atoms with E-state index < -0.39 is 5.79 Å². The molecule has 2 heterocycles. The Labute approximate surface area is 156 Å². The van der Waals surface area contributed by atoms with Crippen molar-refractivity contribution in [3.8, 4) is 0 Å². The van der Waals surface area contributed by atoms with Crippen LogP contribution in [0.15, 0.2) is 28.7 Å². The summed E-state index contributed by atoms with van der Waals surface area (Å²) >= 11 is 3.45. The third-order valence-corrected chi connectivity index (χ3v) is 6.43. The SMILES string of the molecule is C[C@@H](c1ccc(Br)cc1)N1CCC2(CCC3(CC2)OCCO3)OC1=O. The van der Waals surface area contributed by atoms with E-state index in [1.54, 1.807) is 0 Å². The lowest BCUT2D eigenvalue weighted by atomic mass is 9.78. The summed E-state index contributed by atoms with van der Waals surface area (Å²) in [5.41, 5.74) is 0.777. The van der Waals surface area contributed by atoms with Gasteiger partial charge in [-0.05, 0) is 37.5 Å². The quantitative estimate of drug-likeness (QED) is 0.725. The first-order valence-electron chi connectivity index (χ1n) is 9.04. The van der Waals surface area contributed by atoms with Gasteiger partial charge in [0, 0.05) is 30.3 Å². The molecule has 0 radical (unpaired) electrons. The molecule has 0 N–H and O–H groups in total. The van der Waals surface area contributed by atoms with Crippen molar-refractivity contribution >= 4 is 22.0 Å². The number of hydrogen-bond donors (Lipinski definition) is 0. The average molecular weight is 410 g/mol. The highest BCUT2D eigenvalue weighted by Crippen LogP contribution is 2.45. The molecule has 3 aliphatic rings. The van der Waals surface area contributed by atoms with E-state index in [0.717, 1.165) is 48.7 Å². The number of carbonyl (C=O) groups excluding carboxylic acids is 1. The fourth-order valence-corrected chi connectivity index (χ4v) is 4.47. The van der Waals surface area contributed by atoms with Gasteiger partial charge < -0.3 is 19.1 Å². The molecule has 0 unspecified atom stereocenters. The van der Waals surface area contributed by atoms with E-state index >= 15 is 0 Å². The van der Waals surface area contributed by atoms with Crippen LogP contribution in [0.3, 0.4) is 0 Å². The first-order chi connectivity index (χ1) is 12.0. The first kappa shape index (κ1) is 17.3. The Hall–Kier alpha value is -1.11. The van der Waals surface area contributed by atoms with Crippen LogP contribution < -0.4 is 0 Å². The number of nitrogens with zero attached hydrogens (tertiary/aromatic N) is 1. The van der Waals surface area contributed by atoms with Crippen molar-refractivity contribution in [3.63, 3.8) is 0 Å². The summed E-state index contributed by atoms with van der Waals surface area (Å²) in [5.74, 6) is -0.417. The third-order valence-electron chi connectivity index (χ3n) is 5.90. The molecule has 3 fully saturated rings. The predicted molar refractivity (Wildman–Crippen MR) is 96.2 cm³/mol. The van der Waals surface area contributed by atoms with Gasteiger partial charge in [-0.2, -0.15) is 0 Å². The normalized spacial score (nSPS) is 26.0. The highest BCUT2D eigenvalue weighted by Gasteiger charge is 2.50. The number of carbonyl (C=O) groups is 1. The Bertz CT molecular complexity index is 631. The number of halogens is 1. The van der Waals surface area contributed by atoms with Crippen LogP contribution in [0.2, 0.25) is 0 Å². The Kier molecular flexibility index (Phi) is 4.54. The fourth-order valence-electron chi connectivity index (χ4n) is 4.21. The zero-order valence-electron chi connectivity index (χ0n) is 14.5. The van der Waals surface area contributed by atoms with Crippen LogP contribution in [0.4, 0.5) is 4.79 Å². The number of hydrogen-bond acceptors (Lipinski definition) is 4. The largest absolute Gasteiger partial charge is 0.443 e. The second kappa shape index (κ2) is 6.56. The molecule has 1 atom stereocenters. The minimum atomic E-state index is -0.417. The monoisotopic (exact) mass is 409 g/mol. The van der Waals surface area contributed by atoms with Gasteiger partial charge in [-0.1, -0.05) is 28.1 Å². The Morgan fingerprint density at radius 2 is 1.68 bits per heavy atom. The van der Waals surface area contributed by atoms with Crippen molar-refractivity contribution in [2.75, 3.05) is 19.8 Å². The summed E-state index contributed by atoms with van der Waals surface area (Å²) < 4.78 is 18.6. The van der Waals surface area contributed by atoms with Gasteiger partial charge in [-0.3, -0.25) is 0 Å². The second-order valence-electron chi connectivity index (χ2n) is 7.33. The molecule has 2 saturated heterocycles. The Morgan fingerprint density at radius 3 is 2.28 bits per heavy atom. The van der Waals surface area contributed by atoms with Crippen LogP contribution in [-0.2, 0) is 14.2 Å². The molecule has 1 aromatic rings. The molecular weight excluding hydrogens is 386 g/mol. The van der Waals surface area contributed by atoms with Crippen molar-refractivity contribution < 1.29 is 19.0 Å². The molecule has 0 aromatic heterocycles. The minimum absolute atomic E-state index is 0.00869. The van der Waals surface area contributed by atoms with Gasteiger partial charge in [0.25, 0.3) is 0 Å².